The zero-order valence-corrected chi connectivity index (χ0v) is 13.2. The molecule has 5 aromatic rings. The van der Waals surface area contributed by atoms with Crippen molar-refractivity contribution in [2.45, 2.75) is 6.61 Å². The van der Waals surface area contributed by atoms with Crippen molar-refractivity contribution in [3.05, 3.63) is 73.1 Å². The number of pyridine rings is 1. The number of fused-ring (bicyclic) bond motifs is 2. The Morgan fingerprint density at radius 1 is 1.12 bits per heavy atom. The van der Waals surface area contributed by atoms with Gasteiger partial charge in [-0.2, -0.15) is 0 Å². The number of rotatable bonds is 3. The molecule has 0 amide bonds. The number of aliphatic hydroxyl groups is 1. The molecule has 25 heavy (non-hydrogen) atoms. The molecule has 0 saturated carbocycles. The molecule has 0 unspecified atom stereocenters. The Kier molecular flexibility index (Phi) is 3.02. The van der Waals surface area contributed by atoms with Crippen LogP contribution in [0.3, 0.4) is 0 Å². The molecule has 0 radical (unpaired) electrons. The van der Waals surface area contributed by atoms with E-state index in [2.05, 4.69) is 4.98 Å². The van der Waals surface area contributed by atoms with E-state index >= 15 is 0 Å². The van der Waals surface area contributed by atoms with Gasteiger partial charge in [-0.1, -0.05) is 24.3 Å². The highest BCUT2D eigenvalue weighted by atomic mass is 16.4. The average molecular weight is 330 g/mol. The van der Waals surface area contributed by atoms with E-state index in [1.165, 1.54) is 0 Å². The lowest BCUT2D eigenvalue weighted by Crippen LogP contribution is -1.90. The summed E-state index contributed by atoms with van der Waals surface area (Å²) < 4.78 is 13.5. The number of aliphatic hydroxyl groups excluding tert-OH is 1. The first-order valence-electron chi connectivity index (χ1n) is 7.97. The standard InChI is InChI=1S/C20H14N2O3/c23-11-15-5-6-18(25-15)14-9-17(20-21-7-8-22(20)10-14)19-16-4-2-1-3-13(16)12-24-19/h1-10,12,23H,11H2. The first-order valence-corrected chi connectivity index (χ1v) is 7.97. The lowest BCUT2D eigenvalue weighted by molar-refractivity contribution is 0.248. The molecule has 0 bridgehead atoms. The molecule has 1 aromatic carbocycles. The van der Waals surface area contributed by atoms with Crippen molar-refractivity contribution in [3.8, 4) is 22.6 Å². The van der Waals surface area contributed by atoms with E-state index < -0.39 is 0 Å². The Bertz CT molecular complexity index is 1200. The van der Waals surface area contributed by atoms with Crippen LogP contribution in [0.1, 0.15) is 5.76 Å². The summed E-state index contributed by atoms with van der Waals surface area (Å²) in [4.78, 5) is 4.47. The number of aromatic nitrogens is 2. The Hall–Kier alpha value is -3.31. The maximum Gasteiger partial charge on any atom is 0.147 e. The molecule has 0 fully saturated rings. The molecule has 5 heteroatoms. The van der Waals surface area contributed by atoms with Crippen LogP contribution >= 0.6 is 0 Å². The SMILES string of the molecule is OCc1ccc(-c2cc(-c3occ4ccccc34)c3nccn3c2)o1. The lowest BCUT2D eigenvalue weighted by Gasteiger charge is -2.06. The van der Waals surface area contributed by atoms with Gasteiger partial charge in [0.2, 0.25) is 0 Å². The van der Waals surface area contributed by atoms with E-state index in [1.807, 2.05) is 53.2 Å². The highest BCUT2D eigenvalue weighted by Gasteiger charge is 2.16. The molecule has 1 N–H and O–H groups in total. The number of nitrogens with zero attached hydrogens (tertiary/aromatic N) is 2. The summed E-state index contributed by atoms with van der Waals surface area (Å²) in [5.41, 5.74) is 2.60. The first-order chi connectivity index (χ1) is 12.3. The van der Waals surface area contributed by atoms with Crippen molar-refractivity contribution in [3.63, 3.8) is 0 Å². The van der Waals surface area contributed by atoms with Gasteiger partial charge < -0.3 is 18.3 Å². The van der Waals surface area contributed by atoms with Gasteiger partial charge in [-0.05, 0) is 18.2 Å². The fraction of sp³-hybridized carbons (Fsp3) is 0.0500. The third kappa shape index (κ3) is 2.17. The van der Waals surface area contributed by atoms with Crippen LogP contribution in [0.15, 0.2) is 76.2 Å². The molecule has 122 valence electrons. The van der Waals surface area contributed by atoms with Crippen molar-refractivity contribution in [2.75, 3.05) is 0 Å². The van der Waals surface area contributed by atoms with Gasteiger partial charge in [-0.25, -0.2) is 4.98 Å². The van der Waals surface area contributed by atoms with Gasteiger partial charge in [0.15, 0.2) is 0 Å². The Morgan fingerprint density at radius 3 is 2.92 bits per heavy atom. The number of hydrogen-bond acceptors (Lipinski definition) is 4. The summed E-state index contributed by atoms with van der Waals surface area (Å²) in [5.74, 6) is 2.00. The predicted octanol–water partition coefficient (Wildman–Crippen LogP) is 4.50. The van der Waals surface area contributed by atoms with E-state index in [1.54, 1.807) is 18.5 Å². The largest absolute Gasteiger partial charge is 0.463 e. The van der Waals surface area contributed by atoms with Crippen LogP contribution in [0.25, 0.3) is 39.1 Å². The molecule has 0 atom stereocenters. The highest BCUT2D eigenvalue weighted by Crippen LogP contribution is 2.35. The molecule has 5 rings (SSSR count). The Morgan fingerprint density at radius 2 is 2.04 bits per heavy atom. The van der Waals surface area contributed by atoms with Crippen molar-refractivity contribution >= 4 is 16.4 Å². The first kappa shape index (κ1) is 14.1. The lowest BCUT2D eigenvalue weighted by atomic mass is 10.1. The summed E-state index contributed by atoms with van der Waals surface area (Å²) in [6.07, 6.45) is 7.36. The third-order valence-corrected chi connectivity index (χ3v) is 4.34. The summed E-state index contributed by atoms with van der Waals surface area (Å²) in [5, 5.41) is 11.3. The quantitative estimate of drug-likeness (QED) is 0.529. The molecule has 5 nitrogen and oxygen atoms in total. The van der Waals surface area contributed by atoms with Crippen LogP contribution in [0.2, 0.25) is 0 Å². The van der Waals surface area contributed by atoms with Gasteiger partial charge in [0, 0.05) is 34.9 Å². The van der Waals surface area contributed by atoms with Gasteiger partial charge in [0.05, 0.1) is 11.8 Å². The minimum Gasteiger partial charge on any atom is -0.463 e. The topological polar surface area (TPSA) is 63.8 Å². The van der Waals surface area contributed by atoms with Crippen molar-refractivity contribution in [1.82, 2.24) is 9.38 Å². The summed E-state index contributed by atoms with van der Waals surface area (Å²) in [6, 6.07) is 13.7. The van der Waals surface area contributed by atoms with Crippen LogP contribution < -0.4 is 0 Å². The van der Waals surface area contributed by atoms with E-state index in [-0.39, 0.29) is 6.61 Å². The zero-order valence-electron chi connectivity index (χ0n) is 13.2. The van der Waals surface area contributed by atoms with Gasteiger partial charge >= 0.3 is 0 Å². The third-order valence-electron chi connectivity index (χ3n) is 4.34. The normalized spacial score (nSPS) is 11.6. The molecule has 0 saturated heterocycles. The molecule has 0 aliphatic rings. The van der Waals surface area contributed by atoms with E-state index in [0.717, 1.165) is 33.3 Å². The maximum absolute atomic E-state index is 9.24. The van der Waals surface area contributed by atoms with Gasteiger partial charge in [0.25, 0.3) is 0 Å². The second-order valence-electron chi connectivity index (χ2n) is 5.88. The number of hydrogen-bond donors (Lipinski definition) is 1. The van der Waals surface area contributed by atoms with Gasteiger partial charge in [-0.15, -0.1) is 0 Å². The fourth-order valence-corrected chi connectivity index (χ4v) is 3.15. The van der Waals surface area contributed by atoms with E-state index in [4.69, 9.17) is 8.83 Å². The van der Waals surface area contributed by atoms with Crippen LogP contribution in [-0.2, 0) is 6.61 Å². The van der Waals surface area contributed by atoms with Crippen molar-refractivity contribution in [1.29, 1.82) is 0 Å². The molecule has 0 aliphatic carbocycles. The second-order valence-corrected chi connectivity index (χ2v) is 5.88. The molecular formula is C20H14N2O3. The van der Waals surface area contributed by atoms with Crippen LogP contribution in [0.4, 0.5) is 0 Å². The maximum atomic E-state index is 9.24. The Labute approximate surface area is 142 Å². The van der Waals surface area contributed by atoms with Gasteiger partial charge in [0.1, 0.15) is 29.5 Å². The van der Waals surface area contributed by atoms with Crippen molar-refractivity contribution in [2.24, 2.45) is 0 Å². The molecule has 0 spiro atoms. The number of furan rings is 2. The fourth-order valence-electron chi connectivity index (χ4n) is 3.15. The minimum absolute atomic E-state index is 0.122. The van der Waals surface area contributed by atoms with Gasteiger partial charge in [-0.3, -0.25) is 0 Å². The molecular weight excluding hydrogens is 316 g/mol. The number of imidazole rings is 1. The average Bonchev–Trinajstić information content (AvgIpc) is 3.38. The monoisotopic (exact) mass is 330 g/mol. The molecule has 4 aromatic heterocycles. The van der Waals surface area contributed by atoms with E-state index in [9.17, 15) is 5.11 Å². The second kappa shape index (κ2) is 5.36. The highest BCUT2D eigenvalue weighted by molar-refractivity contribution is 5.97. The smallest absolute Gasteiger partial charge is 0.147 e. The molecule has 4 heterocycles. The van der Waals surface area contributed by atoms with Crippen LogP contribution in [0.5, 0.6) is 0 Å². The van der Waals surface area contributed by atoms with E-state index in [0.29, 0.717) is 11.5 Å². The van der Waals surface area contributed by atoms with Crippen molar-refractivity contribution < 1.29 is 13.9 Å². The summed E-state index contributed by atoms with van der Waals surface area (Å²) >= 11 is 0. The van der Waals surface area contributed by atoms with Crippen LogP contribution in [0, 0.1) is 0 Å². The minimum atomic E-state index is -0.122. The summed E-state index contributed by atoms with van der Waals surface area (Å²) in [6.45, 7) is -0.122. The predicted molar refractivity (Wildman–Crippen MR) is 94.0 cm³/mol. The summed E-state index contributed by atoms with van der Waals surface area (Å²) in [7, 11) is 0. The van der Waals surface area contributed by atoms with Crippen LogP contribution in [-0.4, -0.2) is 14.5 Å². The Balaban J connectivity index is 1.78. The number of benzene rings is 1. The molecule has 0 aliphatic heterocycles. The zero-order chi connectivity index (χ0) is 16.8.